The standard InChI is InChI=1S/C6H16N2/c1-3-8-6-4-5-7-2/h7-8H,3-6H2,1-2H3/p+2. The van der Waals surface area contributed by atoms with Crippen LogP contribution in [-0.4, -0.2) is 26.7 Å². The molecule has 4 N–H and O–H groups in total. The smallest absolute Gasteiger partial charge is 0.0809 e. The topological polar surface area (TPSA) is 33.2 Å². The minimum absolute atomic E-state index is 1.23. The number of quaternary nitrogens is 2. The van der Waals surface area contributed by atoms with Gasteiger partial charge in [-0.25, -0.2) is 0 Å². The van der Waals surface area contributed by atoms with Gasteiger partial charge < -0.3 is 10.6 Å². The Kier molecular flexibility index (Phi) is 6.85. The van der Waals surface area contributed by atoms with Gasteiger partial charge >= 0.3 is 0 Å². The zero-order valence-electron chi connectivity index (χ0n) is 5.98. The van der Waals surface area contributed by atoms with Crippen LogP contribution in [0.1, 0.15) is 13.3 Å². The lowest BCUT2D eigenvalue weighted by molar-refractivity contribution is -0.668. The average molecular weight is 118 g/mol. The van der Waals surface area contributed by atoms with Gasteiger partial charge in [-0.3, -0.25) is 0 Å². The van der Waals surface area contributed by atoms with Gasteiger partial charge in [-0.1, -0.05) is 0 Å². The first kappa shape index (κ1) is 7.92. The van der Waals surface area contributed by atoms with E-state index in [1.165, 1.54) is 26.1 Å². The first-order chi connectivity index (χ1) is 3.91. The molecule has 2 nitrogen and oxygen atoms in total. The van der Waals surface area contributed by atoms with Gasteiger partial charge in [0.25, 0.3) is 0 Å². The second kappa shape index (κ2) is 6.92. The normalized spacial score (nSPS) is 9.75. The molecule has 0 saturated carbocycles. The molecule has 0 bridgehead atoms. The van der Waals surface area contributed by atoms with E-state index in [-0.39, 0.29) is 0 Å². The minimum Gasteiger partial charge on any atom is -0.349 e. The highest BCUT2D eigenvalue weighted by molar-refractivity contribution is 4.22. The Morgan fingerprint density at radius 1 is 1.25 bits per heavy atom. The summed E-state index contributed by atoms with van der Waals surface area (Å²) in [7, 11) is 2.12. The molecule has 8 heavy (non-hydrogen) atoms. The number of hydrogen-bond acceptors (Lipinski definition) is 0. The van der Waals surface area contributed by atoms with Crippen molar-refractivity contribution in [1.29, 1.82) is 0 Å². The number of nitrogens with two attached hydrogens (primary N) is 2. The molecule has 0 saturated heterocycles. The average Bonchev–Trinajstić information content (AvgIpc) is 1.81. The first-order valence-corrected chi connectivity index (χ1v) is 3.51. The maximum atomic E-state index is 2.34. The SMILES string of the molecule is CC[NH2+]CCC[NH2+]C. The lowest BCUT2D eigenvalue weighted by atomic mass is 10.4. The fraction of sp³-hybridized carbons (Fsp3) is 1.00. The summed E-state index contributed by atoms with van der Waals surface area (Å²) in [4.78, 5) is 0. The van der Waals surface area contributed by atoms with Gasteiger partial charge in [0.1, 0.15) is 0 Å². The Labute approximate surface area is 51.7 Å². The van der Waals surface area contributed by atoms with Crippen LogP contribution in [0.5, 0.6) is 0 Å². The summed E-state index contributed by atoms with van der Waals surface area (Å²) in [5, 5.41) is 4.56. The molecule has 0 rings (SSSR count). The molecular formula is C6H18N2+2. The summed E-state index contributed by atoms with van der Waals surface area (Å²) >= 11 is 0. The van der Waals surface area contributed by atoms with E-state index >= 15 is 0 Å². The van der Waals surface area contributed by atoms with Crippen LogP contribution >= 0.6 is 0 Å². The van der Waals surface area contributed by atoms with Crippen molar-refractivity contribution in [1.82, 2.24) is 0 Å². The fourth-order valence-electron chi connectivity index (χ4n) is 0.670. The third-order valence-electron chi connectivity index (χ3n) is 1.19. The number of rotatable bonds is 5. The third-order valence-corrected chi connectivity index (χ3v) is 1.19. The Bertz CT molecular complexity index is 31.5. The lowest BCUT2D eigenvalue weighted by Crippen LogP contribution is -2.86. The highest BCUT2D eigenvalue weighted by Crippen LogP contribution is 1.57. The summed E-state index contributed by atoms with van der Waals surface area (Å²) in [6.07, 6.45) is 1.34. The lowest BCUT2D eigenvalue weighted by Gasteiger charge is -1.94. The molecule has 0 radical (unpaired) electrons. The Balaban J connectivity index is 2.53. The molecule has 2 heteroatoms. The van der Waals surface area contributed by atoms with Gasteiger partial charge in [-0.2, -0.15) is 0 Å². The molecular weight excluding hydrogens is 100 g/mol. The Hall–Kier alpha value is -0.0800. The van der Waals surface area contributed by atoms with Gasteiger partial charge in [0.05, 0.1) is 26.7 Å². The van der Waals surface area contributed by atoms with Crippen LogP contribution in [-0.2, 0) is 0 Å². The molecule has 0 heterocycles. The van der Waals surface area contributed by atoms with E-state index in [2.05, 4.69) is 24.6 Å². The van der Waals surface area contributed by atoms with Crippen molar-refractivity contribution in [2.75, 3.05) is 26.7 Å². The summed E-state index contributed by atoms with van der Waals surface area (Å²) in [6, 6.07) is 0. The van der Waals surface area contributed by atoms with Crippen LogP contribution in [0.4, 0.5) is 0 Å². The van der Waals surface area contributed by atoms with Crippen molar-refractivity contribution < 1.29 is 10.6 Å². The van der Waals surface area contributed by atoms with Gasteiger partial charge in [-0.15, -0.1) is 0 Å². The van der Waals surface area contributed by atoms with Crippen LogP contribution in [0.25, 0.3) is 0 Å². The zero-order chi connectivity index (χ0) is 6.24. The molecule has 0 unspecified atom stereocenters. The van der Waals surface area contributed by atoms with Crippen LogP contribution in [0.3, 0.4) is 0 Å². The monoisotopic (exact) mass is 118 g/mol. The molecule has 0 aliphatic rings. The minimum atomic E-state index is 1.23. The van der Waals surface area contributed by atoms with Gasteiger partial charge in [0.15, 0.2) is 0 Å². The summed E-state index contributed by atoms with van der Waals surface area (Å²) < 4.78 is 0. The zero-order valence-corrected chi connectivity index (χ0v) is 5.98. The first-order valence-electron chi connectivity index (χ1n) is 3.51. The van der Waals surface area contributed by atoms with E-state index in [1.807, 2.05) is 0 Å². The largest absolute Gasteiger partial charge is 0.349 e. The predicted octanol–water partition coefficient (Wildman–Crippen LogP) is -1.85. The Morgan fingerprint density at radius 2 is 2.00 bits per heavy atom. The summed E-state index contributed by atoms with van der Waals surface area (Å²) in [5.41, 5.74) is 0. The van der Waals surface area contributed by atoms with E-state index in [0.29, 0.717) is 0 Å². The maximum Gasteiger partial charge on any atom is 0.0809 e. The maximum absolute atomic E-state index is 2.34. The van der Waals surface area contributed by atoms with Crippen LogP contribution in [0, 0.1) is 0 Å². The van der Waals surface area contributed by atoms with Crippen molar-refractivity contribution in [2.45, 2.75) is 13.3 Å². The van der Waals surface area contributed by atoms with Crippen LogP contribution < -0.4 is 10.6 Å². The quantitative estimate of drug-likeness (QED) is 0.398. The van der Waals surface area contributed by atoms with E-state index < -0.39 is 0 Å². The van der Waals surface area contributed by atoms with Gasteiger partial charge in [-0.05, 0) is 6.92 Å². The molecule has 50 valence electrons. The van der Waals surface area contributed by atoms with E-state index in [1.54, 1.807) is 0 Å². The molecule has 0 fully saturated rings. The van der Waals surface area contributed by atoms with E-state index in [9.17, 15) is 0 Å². The molecule has 0 spiro atoms. The summed E-state index contributed by atoms with van der Waals surface area (Å²) in [6.45, 7) is 5.98. The Morgan fingerprint density at radius 3 is 2.50 bits per heavy atom. The van der Waals surface area contributed by atoms with E-state index in [4.69, 9.17) is 0 Å². The highest BCUT2D eigenvalue weighted by Gasteiger charge is 1.86. The second-order valence-electron chi connectivity index (χ2n) is 2.04. The van der Waals surface area contributed by atoms with Crippen molar-refractivity contribution in [3.8, 4) is 0 Å². The van der Waals surface area contributed by atoms with Crippen molar-refractivity contribution >= 4 is 0 Å². The molecule has 0 aromatic rings. The molecule has 0 amide bonds. The van der Waals surface area contributed by atoms with Gasteiger partial charge in [0, 0.05) is 6.42 Å². The third kappa shape index (κ3) is 5.92. The van der Waals surface area contributed by atoms with Crippen LogP contribution in [0.2, 0.25) is 0 Å². The predicted molar refractivity (Wildman–Crippen MR) is 34.7 cm³/mol. The van der Waals surface area contributed by atoms with Crippen molar-refractivity contribution in [3.05, 3.63) is 0 Å². The molecule has 0 aliphatic heterocycles. The second-order valence-corrected chi connectivity index (χ2v) is 2.04. The highest BCUT2D eigenvalue weighted by atomic mass is 14.9. The molecule has 0 aromatic carbocycles. The van der Waals surface area contributed by atoms with E-state index in [0.717, 1.165) is 0 Å². The number of hydrogen-bond donors (Lipinski definition) is 2. The van der Waals surface area contributed by atoms with Crippen LogP contribution in [0.15, 0.2) is 0 Å². The van der Waals surface area contributed by atoms with Gasteiger partial charge in [0.2, 0.25) is 0 Å². The van der Waals surface area contributed by atoms with Crippen molar-refractivity contribution in [2.24, 2.45) is 0 Å². The molecule has 0 aromatic heterocycles. The van der Waals surface area contributed by atoms with Crippen molar-refractivity contribution in [3.63, 3.8) is 0 Å². The summed E-state index contributed by atoms with van der Waals surface area (Å²) in [5.74, 6) is 0. The molecule has 0 atom stereocenters. The fourth-order valence-corrected chi connectivity index (χ4v) is 0.670. The molecule has 0 aliphatic carbocycles.